The Morgan fingerprint density at radius 1 is 1.47 bits per heavy atom. The molecule has 0 saturated carbocycles. The SMILES string of the molecule is COc1cc(Cl)cc(CS(=O)(=O)Cl)c1F. The third-order valence-electron chi connectivity index (χ3n) is 1.63. The monoisotopic (exact) mass is 272 g/mol. The van der Waals surface area contributed by atoms with Crippen LogP contribution in [0.15, 0.2) is 12.1 Å². The fourth-order valence-corrected chi connectivity index (χ4v) is 2.22. The predicted octanol–water partition coefficient (Wildman–Crippen LogP) is 2.56. The van der Waals surface area contributed by atoms with E-state index >= 15 is 0 Å². The molecule has 0 spiro atoms. The number of ether oxygens (including phenoxy) is 1. The highest BCUT2D eigenvalue weighted by molar-refractivity contribution is 8.13. The number of hydrogen-bond acceptors (Lipinski definition) is 3. The van der Waals surface area contributed by atoms with E-state index in [1.807, 2.05) is 0 Å². The van der Waals surface area contributed by atoms with Crippen LogP contribution in [0.1, 0.15) is 5.56 Å². The van der Waals surface area contributed by atoms with Crippen molar-refractivity contribution in [1.82, 2.24) is 0 Å². The minimum atomic E-state index is -3.82. The van der Waals surface area contributed by atoms with Crippen LogP contribution in [0.3, 0.4) is 0 Å². The van der Waals surface area contributed by atoms with Gasteiger partial charge in [0.25, 0.3) is 0 Å². The van der Waals surface area contributed by atoms with Crippen molar-refractivity contribution >= 4 is 31.3 Å². The van der Waals surface area contributed by atoms with Crippen LogP contribution in [0, 0.1) is 5.82 Å². The highest BCUT2D eigenvalue weighted by Gasteiger charge is 2.16. The van der Waals surface area contributed by atoms with Gasteiger partial charge >= 0.3 is 0 Å². The Balaban J connectivity index is 3.24. The largest absolute Gasteiger partial charge is 0.494 e. The van der Waals surface area contributed by atoms with Crippen molar-refractivity contribution in [3.05, 3.63) is 28.5 Å². The summed E-state index contributed by atoms with van der Waals surface area (Å²) in [4.78, 5) is 0. The molecule has 0 saturated heterocycles. The van der Waals surface area contributed by atoms with Gasteiger partial charge in [0.15, 0.2) is 11.6 Å². The summed E-state index contributed by atoms with van der Waals surface area (Å²) in [6.07, 6.45) is 0. The molecular formula is C8H7Cl2FO3S. The van der Waals surface area contributed by atoms with Crippen molar-refractivity contribution in [1.29, 1.82) is 0 Å². The Bertz CT molecular complexity index is 473. The highest BCUT2D eigenvalue weighted by Crippen LogP contribution is 2.27. The zero-order valence-corrected chi connectivity index (χ0v) is 9.96. The predicted molar refractivity (Wildman–Crippen MR) is 56.4 cm³/mol. The van der Waals surface area contributed by atoms with Crippen LogP contribution in [0.5, 0.6) is 5.75 Å². The van der Waals surface area contributed by atoms with Crippen molar-refractivity contribution in [2.24, 2.45) is 0 Å². The summed E-state index contributed by atoms with van der Waals surface area (Å²) in [7, 11) is 2.44. The molecule has 3 nitrogen and oxygen atoms in total. The van der Waals surface area contributed by atoms with E-state index in [1.54, 1.807) is 0 Å². The normalized spacial score (nSPS) is 11.5. The van der Waals surface area contributed by atoms with Crippen molar-refractivity contribution in [2.75, 3.05) is 7.11 Å². The van der Waals surface area contributed by atoms with Crippen LogP contribution in [0.2, 0.25) is 5.02 Å². The molecule has 7 heteroatoms. The lowest BCUT2D eigenvalue weighted by molar-refractivity contribution is 0.385. The molecule has 0 N–H and O–H groups in total. The van der Waals surface area contributed by atoms with Gasteiger partial charge in [-0.25, -0.2) is 12.8 Å². The molecule has 0 aliphatic heterocycles. The second-order valence-electron chi connectivity index (χ2n) is 2.76. The van der Waals surface area contributed by atoms with Gasteiger partial charge in [-0.15, -0.1) is 0 Å². The van der Waals surface area contributed by atoms with E-state index in [0.717, 1.165) is 0 Å². The van der Waals surface area contributed by atoms with Crippen molar-refractivity contribution in [3.8, 4) is 5.75 Å². The molecule has 0 fully saturated rings. The zero-order valence-electron chi connectivity index (χ0n) is 7.63. The Morgan fingerprint density at radius 2 is 2.07 bits per heavy atom. The molecule has 0 aliphatic carbocycles. The summed E-state index contributed by atoms with van der Waals surface area (Å²) in [6.45, 7) is 0. The van der Waals surface area contributed by atoms with Crippen molar-refractivity contribution < 1.29 is 17.5 Å². The van der Waals surface area contributed by atoms with Gasteiger partial charge in [-0.1, -0.05) is 11.6 Å². The third kappa shape index (κ3) is 3.52. The second-order valence-corrected chi connectivity index (χ2v) is 5.98. The number of hydrogen-bond donors (Lipinski definition) is 0. The van der Waals surface area contributed by atoms with Crippen LogP contribution >= 0.6 is 22.3 Å². The van der Waals surface area contributed by atoms with Crippen LogP contribution < -0.4 is 4.74 Å². The second kappa shape index (κ2) is 4.55. The molecule has 0 atom stereocenters. The maximum Gasteiger partial charge on any atom is 0.236 e. The van der Waals surface area contributed by atoms with Gasteiger partial charge < -0.3 is 4.74 Å². The van der Waals surface area contributed by atoms with E-state index in [0.29, 0.717) is 0 Å². The van der Waals surface area contributed by atoms with E-state index in [9.17, 15) is 12.8 Å². The van der Waals surface area contributed by atoms with Gasteiger partial charge in [0.1, 0.15) is 0 Å². The molecule has 1 aromatic rings. The summed E-state index contributed by atoms with van der Waals surface area (Å²) >= 11 is 5.65. The molecule has 0 aromatic heterocycles. The van der Waals surface area contributed by atoms with Crippen molar-refractivity contribution in [3.63, 3.8) is 0 Å². The first-order chi connectivity index (χ1) is 6.83. The molecule has 1 aromatic carbocycles. The van der Waals surface area contributed by atoms with E-state index in [-0.39, 0.29) is 16.3 Å². The highest BCUT2D eigenvalue weighted by atomic mass is 35.7. The third-order valence-corrected chi connectivity index (χ3v) is 2.83. The topological polar surface area (TPSA) is 43.4 Å². The van der Waals surface area contributed by atoms with E-state index in [4.69, 9.17) is 22.3 Å². The number of benzene rings is 1. The molecule has 0 bridgehead atoms. The minimum absolute atomic E-state index is 0.113. The molecule has 0 heterocycles. The standard InChI is InChI=1S/C8H7Cl2FO3S/c1-14-7-3-6(9)2-5(8(7)11)4-15(10,12)13/h2-3H,4H2,1H3. The van der Waals surface area contributed by atoms with Gasteiger partial charge in [0, 0.05) is 27.3 Å². The number of methoxy groups -OCH3 is 1. The maximum absolute atomic E-state index is 13.5. The molecule has 0 radical (unpaired) electrons. The van der Waals surface area contributed by atoms with Crippen LogP contribution in [-0.4, -0.2) is 15.5 Å². The lowest BCUT2D eigenvalue weighted by Gasteiger charge is -2.06. The molecule has 84 valence electrons. The summed E-state index contributed by atoms with van der Waals surface area (Å²) in [5.41, 5.74) is -0.116. The van der Waals surface area contributed by atoms with Crippen LogP contribution in [0.4, 0.5) is 4.39 Å². The lowest BCUT2D eigenvalue weighted by Crippen LogP contribution is -2.00. The summed E-state index contributed by atoms with van der Waals surface area (Å²) in [5, 5.41) is 0.184. The quantitative estimate of drug-likeness (QED) is 0.795. The Morgan fingerprint density at radius 3 is 2.53 bits per heavy atom. The molecule has 15 heavy (non-hydrogen) atoms. The van der Waals surface area contributed by atoms with E-state index in [1.165, 1.54) is 19.2 Å². The van der Waals surface area contributed by atoms with Gasteiger partial charge in [-0.2, -0.15) is 0 Å². The van der Waals surface area contributed by atoms with Gasteiger partial charge in [0.05, 0.1) is 12.9 Å². The first-order valence-corrected chi connectivity index (χ1v) is 6.63. The molecule has 0 aliphatic rings. The lowest BCUT2D eigenvalue weighted by atomic mass is 10.2. The van der Waals surface area contributed by atoms with Crippen molar-refractivity contribution in [2.45, 2.75) is 5.75 Å². The Hall–Kier alpha value is -0.520. The summed E-state index contributed by atoms with van der Waals surface area (Å²) in [5.74, 6) is -1.51. The summed E-state index contributed by atoms with van der Waals surface area (Å²) < 4.78 is 39.7. The van der Waals surface area contributed by atoms with Gasteiger partial charge in [0.2, 0.25) is 9.05 Å². The summed E-state index contributed by atoms with van der Waals surface area (Å²) in [6, 6.07) is 2.45. The van der Waals surface area contributed by atoms with Crippen LogP contribution in [-0.2, 0) is 14.8 Å². The van der Waals surface area contributed by atoms with E-state index < -0.39 is 20.6 Å². The average molecular weight is 273 g/mol. The average Bonchev–Trinajstić information content (AvgIpc) is 2.08. The molecule has 0 unspecified atom stereocenters. The molecule has 0 amide bonds. The molecule has 1 rings (SSSR count). The molecular weight excluding hydrogens is 266 g/mol. The van der Waals surface area contributed by atoms with E-state index in [2.05, 4.69) is 4.74 Å². The number of rotatable bonds is 3. The Labute approximate surface area is 96.2 Å². The first-order valence-electron chi connectivity index (χ1n) is 3.77. The Kier molecular flexibility index (Phi) is 3.81. The number of halogens is 3. The fraction of sp³-hybridized carbons (Fsp3) is 0.250. The van der Waals surface area contributed by atoms with Gasteiger partial charge in [-0.05, 0) is 6.07 Å². The zero-order chi connectivity index (χ0) is 11.6. The van der Waals surface area contributed by atoms with Gasteiger partial charge in [-0.3, -0.25) is 0 Å². The van der Waals surface area contributed by atoms with Crippen LogP contribution in [0.25, 0.3) is 0 Å². The first kappa shape index (κ1) is 12.5. The smallest absolute Gasteiger partial charge is 0.236 e. The maximum atomic E-state index is 13.5. The minimum Gasteiger partial charge on any atom is -0.494 e. The fourth-order valence-electron chi connectivity index (χ4n) is 1.06.